The average Bonchev–Trinajstić information content (AvgIpc) is 1.82. The van der Waals surface area contributed by atoms with E-state index in [1.165, 1.54) is 0 Å². The maximum Gasteiger partial charge on any atom is 0.405 e. The van der Waals surface area contributed by atoms with Crippen LogP contribution in [0.25, 0.3) is 0 Å². The van der Waals surface area contributed by atoms with Crippen molar-refractivity contribution in [2.24, 2.45) is 11.5 Å². The normalized spacial score (nSPS) is 36.0. The molecule has 1 amide bonds. The lowest BCUT2D eigenvalue weighted by molar-refractivity contribution is -0.00218. The number of carbonyl (C=O) groups excluding carboxylic acids is 1. The van der Waals surface area contributed by atoms with Crippen molar-refractivity contribution < 1.29 is 9.53 Å². The fourth-order valence-corrected chi connectivity index (χ4v) is 1.83. The van der Waals surface area contributed by atoms with Crippen molar-refractivity contribution in [1.82, 2.24) is 0 Å². The molecule has 1 rings (SSSR count). The van der Waals surface area contributed by atoms with Gasteiger partial charge in [0.1, 0.15) is 5.60 Å². The highest BCUT2D eigenvalue weighted by atomic mass is 16.6. The first-order chi connectivity index (χ1) is 5.52. The lowest BCUT2D eigenvalue weighted by atomic mass is 9.83. The van der Waals surface area contributed by atoms with Crippen molar-refractivity contribution in [3.05, 3.63) is 0 Å². The zero-order valence-corrected chi connectivity index (χ0v) is 7.38. The molecule has 0 spiro atoms. The van der Waals surface area contributed by atoms with Crippen LogP contribution in [0, 0.1) is 0 Å². The summed E-state index contributed by atoms with van der Waals surface area (Å²) in [7, 11) is 0. The van der Waals surface area contributed by atoms with Gasteiger partial charge in [-0.25, -0.2) is 4.79 Å². The van der Waals surface area contributed by atoms with E-state index in [0.29, 0.717) is 0 Å². The molecule has 1 fully saturated rings. The Morgan fingerprint density at radius 3 is 2.83 bits per heavy atom. The summed E-state index contributed by atoms with van der Waals surface area (Å²) in [4.78, 5) is 10.5. The van der Waals surface area contributed by atoms with Crippen molar-refractivity contribution in [2.45, 2.75) is 44.2 Å². The topological polar surface area (TPSA) is 78.3 Å². The molecule has 0 radical (unpaired) electrons. The Kier molecular flexibility index (Phi) is 2.57. The predicted octanol–water partition coefficient (Wildman–Crippen LogP) is 0.742. The van der Waals surface area contributed by atoms with E-state index < -0.39 is 11.7 Å². The number of hydrogen-bond donors (Lipinski definition) is 2. The van der Waals surface area contributed by atoms with E-state index >= 15 is 0 Å². The van der Waals surface area contributed by atoms with Gasteiger partial charge in [0.05, 0.1) is 0 Å². The zero-order chi connectivity index (χ0) is 9.19. The minimum Gasteiger partial charge on any atom is -0.443 e. The summed E-state index contributed by atoms with van der Waals surface area (Å²) in [6, 6.07) is 0.142. The monoisotopic (exact) mass is 172 g/mol. The molecule has 1 saturated carbocycles. The lowest BCUT2D eigenvalue weighted by Crippen LogP contribution is -2.43. The average molecular weight is 172 g/mol. The second-order valence-electron chi connectivity index (χ2n) is 3.73. The van der Waals surface area contributed by atoms with Crippen LogP contribution in [0.3, 0.4) is 0 Å². The Labute approximate surface area is 72.2 Å². The van der Waals surface area contributed by atoms with Gasteiger partial charge in [0.15, 0.2) is 0 Å². The molecule has 70 valence electrons. The standard InChI is InChI=1S/C8H16N2O2/c1-8(12-7(10)11)4-2-3-6(9)5-8/h6H,2-5,9H2,1H3,(H2,10,11). The first-order valence-corrected chi connectivity index (χ1v) is 4.26. The second-order valence-corrected chi connectivity index (χ2v) is 3.73. The first-order valence-electron chi connectivity index (χ1n) is 4.26. The van der Waals surface area contributed by atoms with Gasteiger partial charge >= 0.3 is 6.09 Å². The predicted molar refractivity (Wildman–Crippen MR) is 45.5 cm³/mol. The smallest absolute Gasteiger partial charge is 0.405 e. The molecule has 4 nitrogen and oxygen atoms in total. The summed E-state index contributed by atoms with van der Waals surface area (Å²) in [5.41, 5.74) is 10.3. The highest BCUT2D eigenvalue weighted by Gasteiger charge is 2.33. The van der Waals surface area contributed by atoms with Crippen molar-refractivity contribution in [2.75, 3.05) is 0 Å². The van der Waals surface area contributed by atoms with Crippen LogP contribution in [0.2, 0.25) is 0 Å². The van der Waals surface area contributed by atoms with E-state index in [2.05, 4.69) is 0 Å². The summed E-state index contributed by atoms with van der Waals surface area (Å²) < 4.78 is 5.01. The molecule has 12 heavy (non-hydrogen) atoms. The van der Waals surface area contributed by atoms with E-state index in [1.54, 1.807) is 0 Å². The molecule has 0 aromatic carbocycles. The van der Waals surface area contributed by atoms with Crippen LogP contribution < -0.4 is 11.5 Å². The zero-order valence-electron chi connectivity index (χ0n) is 7.38. The van der Waals surface area contributed by atoms with Gasteiger partial charge in [0.2, 0.25) is 0 Å². The highest BCUT2D eigenvalue weighted by molar-refractivity contribution is 5.65. The van der Waals surface area contributed by atoms with Crippen molar-refractivity contribution >= 4 is 6.09 Å². The molecule has 0 aromatic rings. The number of hydrogen-bond acceptors (Lipinski definition) is 3. The van der Waals surface area contributed by atoms with Crippen molar-refractivity contribution in [3.8, 4) is 0 Å². The molecule has 2 atom stereocenters. The Hall–Kier alpha value is -0.770. The Morgan fingerprint density at radius 1 is 1.67 bits per heavy atom. The van der Waals surface area contributed by atoms with Crippen LogP contribution in [0.5, 0.6) is 0 Å². The van der Waals surface area contributed by atoms with Gasteiger partial charge in [-0.15, -0.1) is 0 Å². The van der Waals surface area contributed by atoms with E-state index in [9.17, 15) is 4.79 Å². The number of amides is 1. The minimum atomic E-state index is -0.702. The summed E-state index contributed by atoms with van der Waals surface area (Å²) in [6.07, 6.45) is 2.90. The van der Waals surface area contributed by atoms with Gasteiger partial charge in [-0.05, 0) is 26.2 Å². The van der Waals surface area contributed by atoms with Gasteiger partial charge in [-0.3, -0.25) is 0 Å². The Bertz CT molecular complexity index is 184. The molecule has 1 aliphatic rings. The molecular weight excluding hydrogens is 156 g/mol. The maximum atomic E-state index is 10.5. The van der Waals surface area contributed by atoms with Crippen molar-refractivity contribution in [3.63, 3.8) is 0 Å². The van der Waals surface area contributed by atoms with E-state index in [4.69, 9.17) is 16.2 Å². The summed E-state index contributed by atoms with van der Waals surface area (Å²) in [5.74, 6) is 0. The van der Waals surface area contributed by atoms with Crippen LogP contribution in [-0.4, -0.2) is 17.7 Å². The first kappa shape index (κ1) is 9.32. The molecule has 1 aliphatic carbocycles. The van der Waals surface area contributed by atoms with Crippen LogP contribution >= 0.6 is 0 Å². The van der Waals surface area contributed by atoms with Crippen LogP contribution in [0.15, 0.2) is 0 Å². The third-order valence-electron chi connectivity index (χ3n) is 2.32. The molecule has 0 aliphatic heterocycles. The van der Waals surface area contributed by atoms with Gasteiger partial charge in [0.25, 0.3) is 0 Å². The quantitative estimate of drug-likeness (QED) is 0.612. The summed E-state index contributed by atoms with van der Waals surface area (Å²) in [5, 5.41) is 0. The molecule has 0 aromatic heterocycles. The van der Waals surface area contributed by atoms with E-state index in [-0.39, 0.29) is 6.04 Å². The molecule has 0 heterocycles. The number of ether oxygens (including phenoxy) is 1. The second kappa shape index (κ2) is 3.31. The molecule has 4 heteroatoms. The molecule has 4 N–H and O–H groups in total. The maximum absolute atomic E-state index is 10.5. The molecular formula is C8H16N2O2. The van der Waals surface area contributed by atoms with E-state index in [1.807, 2.05) is 6.92 Å². The van der Waals surface area contributed by atoms with Crippen LogP contribution in [0.1, 0.15) is 32.6 Å². The summed E-state index contributed by atoms with van der Waals surface area (Å²) >= 11 is 0. The fraction of sp³-hybridized carbons (Fsp3) is 0.875. The molecule has 0 bridgehead atoms. The largest absolute Gasteiger partial charge is 0.443 e. The Morgan fingerprint density at radius 2 is 2.33 bits per heavy atom. The molecule has 0 saturated heterocycles. The number of rotatable bonds is 1. The summed E-state index contributed by atoms with van der Waals surface area (Å²) in [6.45, 7) is 1.89. The Balaban J connectivity index is 2.51. The highest BCUT2D eigenvalue weighted by Crippen LogP contribution is 2.30. The number of nitrogens with two attached hydrogens (primary N) is 2. The number of carbonyl (C=O) groups is 1. The van der Waals surface area contributed by atoms with Gasteiger partial charge in [0, 0.05) is 12.5 Å². The molecule has 2 unspecified atom stereocenters. The van der Waals surface area contributed by atoms with Gasteiger partial charge < -0.3 is 16.2 Å². The fourth-order valence-electron chi connectivity index (χ4n) is 1.83. The number of primary amides is 1. The third-order valence-corrected chi connectivity index (χ3v) is 2.32. The third kappa shape index (κ3) is 2.37. The minimum absolute atomic E-state index is 0.142. The van der Waals surface area contributed by atoms with Crippen molar-refractivity contribution in [1.29, 1.82) is 0 Å². The van der Waals surface area contributed by atoms with E-state index in [0.717, 1.165) is 25.7 Å². The SMILES string of the molecule is CC1(OC(N)=O)CCCC(N)C1. The van der Waals surface area contributed by atoms with Crippen LogP contribution in [-0.2, 0) is 4.74 Å². The van der Waals surface area contributed by atoms with Crippen LogP contribution in [0.4, 0.5) is 4.79 Å². The van der Waals surface area contributed by atoms with Gasteiger partial charge in [-0.2, -0.15) is 0 Å². The van der Waals surface area contributed by atoms with Gasteiger partial charge in [-0.1, -0.05) is 0 Å². The lowest BCUT2D eigenvalue weighted by Gasteiger charge is -2.35.